The number of nitrogens with zero attached hydrogens (tertiary/aromatic N) is 1. The van der Waals surface area contributed by atoms with Gasteiger partial charge in [-0.1, -0.05) is 0 Å². The van der Waals surface area contributed by atoms with Crippen LogP contribution < -0.4 is 11.5 Å². The first-order valence-corrected chi connectivity index (χ1v) is 6.25. The average Bonchev–Trinajstić information content (AvgIpc) is 2.55. The Bertz CT molecular complexity index is 436. The predicted molar refractivity (Wildman–Crippen MR) is 67.6 cm³/mol. The van der Waals surface area contributed by atoms with Gasteiger partial charge in [-0.3, -0.25) is 4.79 Å². The molecular weight excluding hydrogens is 214 g/mol. The molecule has 0 saturated heterocycles. The number of aromatic nitrogens is 1. The van der Waals surface area contributed by atoms with Gasteiger partial charge in [-0.15, -0.1) is 0 Å². The summed E-state index contributed by atoms with van der Waals surface area (Å²) in [5, 5.41) is 0. The van der Waals surface area contributed by atoms with E-state index in [-0.39, 0.29) is 18.0 Å². The fourth-order valence-electron chi connectivity index (χ4n) is 2.96. The van der Waals surface area contributed by atoms with Gasteiger partial charge in [0.25, 0.3) is 0 Å². The van der Waals surface area contributed by atoms with Crippen LogP contribution in [0.2, 0.25) is 0 Å². The van der Waals surface area contributed by atoms with Crippen molar-refractivity contribution in [2.45, 2.75) is 51.6 Å². The number of carbonyl (C=O) groups excluding carboxylic acids is 1. The standard InChI is InChI=1S/C13H21N3O/c1-8-6-10-11(14)4-3-5-12(10)16(8)9(2)7-13(15)17/h6,9,11H,3-5,7,14H2,1-2H3,(H2,15,17). The number of aryl methyl sites for hydroxylation is 1. The van der Waals surface area contributed by atoms with Crippen molar-refractivity contribution in [2.75, 3.05) is 0 Å². The van der Waals surface area contributed by atoms with Gasteiger partial charge in [-0.2, -0.15) is 0 Å². The maximum Gasteiger partial charge on any atom is 0.219 e. The molecule has 0 aliphatic heterocycles. The van der Waals surface area contributed by atoms with E-state index in [1.807, 2.05) is 6.92 Å². The molecule has 17 heavy (non-hydrogen) atoms. The summed E-state index contributed by atoms with van der Waals surface area (Å²) in [6.45, 7) is 4.11. The van der Waals surface area contributed by atoms with Crippen LogP contribution in [-0.2, 0) is 11.2 Å². The molecule has 4 N–H and O–H groups in total. The van der Waals surface area contributed by atoms with Gasteiger partial charge in [0, 0.05) is 29.9 Å². The highest BCUT2D eigenvalue weighted by atomic mass is 16.1. The molecule has 1 aromatic heterocycles. The third-order valence-electron chi connectivity index (χ3n) is 3.63. The van der Waals surface area contributed by atoms with Crippen molar-refractivity contribution in [1.82, 2.24) is 4.57 Å². The van der Waals surface area contributed by atoms with E-state index >= 15 is 0 Å². The predicted octanol–water partition coefficient (Wildman–Crippen LogP) is 1.57. The number of amides is 1. The quantitative estimate of drug-likeness (QED) is 0.834. The van der Waals surface area contributed by atoms with Crippen LogP contribution in [0.15, 0.2) is 6.07 Å². The van der Waals surface area contributed by atoms with Crippen LogP contribution in [0.1, 0.15) is 55.2 Å². The Morgan fingerprint density at radius 3 is 3.00 bits per heavy atom. The number of carbonyl (C=O) groups is 1. The Labute approximate surface area is 102 Å². The maximum atomic E-state index is 11.0. The zero-order chi connectivity index (χ0) is 12.6. The average molecular weight is 235 g/mol. The molecule has 0 aromatic carbocycles. The summed E-state index contributed by atoms with van der Waals surface area (Å²) in [7, 11) is 0. The van der Waals surface area contributed by atoms with Gasteiger partial charge in [0.1, 0.15) is 0 Å². The van der Waals surface area contributed by atoms with E-state index < -0.39 is 0 Å². The van der Waals surface area contributed by atoms with Crippen molar-refractivity contribution in [3.8, 4) is 0 Å². The minimum absolute atomic E-state index is 0.126. The highest BCUT2D eigenvalue weighted by Crippen LogP contribution is 2.33. The van der Waals surface area contributed by atoms with Gasteiger partial charge in [0.2, 0.25) is 5.91 Å². The molecule has 1 aromatic rings. The highest BCUT2D eigenvalue weighted by molar-refractivity contribution is 5.74. The fraction of sp³-hybridized carbons (Fsp3) is 0.615. The summed E-state index contributed by atoms with van der Waals surface area (Å²) >= 11 is 0. The van der Waals surface area contributed by atoms with Crippen LogP contribution in [0, 0.1) is 6.92 Å². The van der Waals surface area contributed by atoms with E-state index in [4.69, 9.17) is 11.5 Å². The summed E-state index contributed by atoms with van der Waals surface area (Å²) in [4.78, 5) is 11.0. The molecule has 1 amide bonds. The normalized spacial score (nSPS) is 21.0. The first-order valence-electron chi connectivity index (χ1n) is 6.25. The van der Waals surface area contributed by atoms with Gasteiger partial charge in [0.15, 0.2) is 0 Å². The topological polar surface area (TPSA) is 74.0 Å². The van der Waals surface area contributed by atoms with Crippen LogP contribution in [0.25, 0.3) is 0 Å². The molecule has 0 fully saturated rings. The number of fused-ring (bicyclic) bond motifs is 1. The Balaban J connectivity index is 2.37. The third kappa shape index (κ3) is 2.22. The van der Waals surface area contributed by atoms with Gasteiger partial charge >= 0.3 is 0 Å². The molecule has 2 rings (SSSR count). The largest absolute Gasteiger partial charge is 0.370 e. The van der Waals surface area contributed by atoms with Crippen LogP contribution >= 0.6 is 0 Å². The lowest BCUT2D eigenvalue weighted by atomic mass is 9.93. The van der Waals surface area contributed by atoms with Crippen molar-refractivity contribution in [2.24, 2.45) is 11.5 Å². The molecule has 0 bridgehead atoms. The Morgan fingerprint density at radius 2 is 2.35 bits per heavy atom. The minimum Gasteiger partial charge on any atom is -0.370 e. The smallest absolute Gasteiger partial charge is 0.219 e. The molecule has 1 aliphatic carbocycles. The van der Waals surface area contributed by atoms with Gasteiger partial charge in [-0.25, -0.2) is 0 Å². The molecule has 0 radical (unpaired) electrons. The van der Waals surface area contributed by atoms with E-state index in [0.29, 0.717) is 6.42 Å². The number of hydrogen-bond acceptors (Lipinski definition) is 2. The Morgan fingerprint density at radius 1 is 1.65 bits per heavy atom. The second kappa shape index (κ2) is 4.53. The first-order chi connectivity index (χ1) is 8.00. The SMILES string of the molecule is Cc1cc2c(n1C(C)CC(N)=O)CCCC2N. The Kier molecular flexibility index (Phi) is 3.24. The van der Waals surface area contributed by atoms with Crippen molar-refractivity contribution in [3.63, 3.8) is 0 Å². The second-order valence-corrected chi connectivity index (χ2v) is 5.08. The van der Waals surface area contributed by atoms with Crippen LogP contribution in [0.5, 0.6) is 0 Å². The van der Waals surface area contributed by atoms with Crippen molar-refractivity contribution in [1.29, 1.82) is 0 Å². The lowest BCUT2D eigenvalue weighted by Crippen LogP contribution is -2.22. The van der Waals surface area contributed by atoms with Gasteiger partial charge < -0.3 is 16.0 Å². The minimum atomic E-state index is -0.251. The molecule has 4 heteroatoms. The molecule has 2 unspecified atom stereocenters. The molecule has 2 atom stereocenters. The van der Waals surface area contributed by atoms with E-state index in [1.165, 1.54) is 17.0 Å². The summed E-state index contributed by atoms with van der Waals surface area (Å²) in [5.74, 6) is -0.251. The van der Waals surface area contributed by atoms with E-state index in [1.54, 1.807) is 0 Å². The molecule has 1 aliphatic rings. The molecule has 1 heterocycles. The van der Waals surface area contributed by atoms with Crippen LogP contribution in [0.4, 0.5) is 0 Å². The second-order valence-electron chi connectivity index (χ2n) is 5.08. The highest BCUT2D eigenvalue weighted by Gasteiger charge is 2.24. The zero-order valence-electron chi connectivity index (χ0n) is 10.6. The fourth-order valence-corrected chi connectivity index (χ4v) is 2.96. The number of primary amides is 1. The molecule has 4 nitrogen and oxygen atoms in total. The van der Waals surface area contributed by atoms with E-state index in [9.17, 15) is 4.79 Å². The third-order valence-corrected chi connectivity index (χ3v) is 3.63. The van der Waals surface area contributed by atoms with Crippen molar-refractivity contribution in [3.05, 3.63) is 23.0 Å². The Hall–Kier alpha value is -1.29. The zero-order valence-corrected chi connectivity index (χ0v) is 10.6. The van der Waals surface area contributed by atoms with Crippen LogP contribution in [0.3, 0.4) is 0 Å². The summed E-state index contributed by atoms with van der Waals surface area (Å²) in [6.07, 6.45) is 3.62. The number of rotatable bonds is 3. The van der Waals surface area contributed by atoms with Gasteiger partial charge in [0.05, 0.1) is 0 Å². The summed E-state index contributed by atoms with van der Waals surface area (Å²) in [5.41, 5.74) is 15.1. The van der Waals surface area contributed by atoms with Crippen molar-refractivity contribution >= 4 is 5.91 Å². The van der Waals surface area contributed by atoms with E-state index in [0.717, 1.165) is 19.3 Å². The van der Waals surface area contributed by atoms with Gasteiger partial charge in [-0.05, 0) is 44.7 Å². The number of nitrogens with two attached hydrogens (primary N) is 2. The first kappa shape index (κ1) is 12.2. The lowest BCUT2D eigenvalue weighted by molar-refractivity contribution is -0.118. The maximum absolute atomic E-state index is 11.0. The summed E-state index contributed by atoms with van der Waals surface area (Å²) in [6, 6.07) is 2.44. The molecule has 0 saturated carbocycles. The van der Waals surface area contributed by atoms with E-state index in [2.05, 4.69) is 17.6 Å². The van der Waals surface area contributed by atoms with Crippen LogP contribution in [-0.4, -0.2) is 10.5 Å². The lowest BCUT2D eigenvalue weighted by Gasteiger charge is -2.24. The molecule has 0 spiro atoms. The summed E-state index contributed by atoms with van der Waals surface area (Å²) < 4.78 is 2.24. The van der Waals surface area contributed by atoms with Crippen molar-refractivity contribution < 1.29 is 4.79 Å². The molecular formula is C13H21N3O. The molecule has 94 valence electrons. The number of hydrogen-bond donors (Lipinski definition) is 2. The monoisotopic (exact) mass is 235 g/mol.